The molecule has 3 fully saturated rings. The second kappa shape index (κ2) is 4.78. The molecule has 1 saturated carbocycles. The van der Waals surface area contributed by atoms with Crippen LogP contribution in [0.3, 0.4) is 0 Å². The Bertz CT molecular complexity index is 394. The maximum absolute atomic E-state index is 12.3. The van der Waals surface area contributed by atoms with Gasteiger partial charge in [0.05, 0.1) is 12.2 Å². The van der Waals surface area contributed by atoms with Crippen LogP contribution in [0, 0.1) is 5.92 Å². The Morgan fingerprint density at radius 2 is 1.95 bits per heavy atom. The van der Waals surface area contributed by atoms with Crippen LogP contribution in [0.5, 0.6) is 0 Å². The summed E-state index contributed by atoms with van der Waals surface area (Å²) in [7, 11) is 0. The van der Waals surface area contributed by atoms with Crippen molar-refractivity contribution in [2.24, 2.45) is 5.92 Å². The van der Waals surface area contributed by atoms with E-state index in [0.717, 1.165) is 25.7 Å². The zero-order valence-electron chi connectivity index (χ0n) is 11.6. The number of amides is 2. The van der Waals surface area contributed by atoms with Crippen molar-refractivity contribution >= 4 is 11.8 Å². The first-order valence-electron chi connectivity index (χ1n) is 7.32. The topological polar surface area (TPSA) is 58.6 Å². The normalized spacial score (nSPS) is 39.6. The second-order valence-electron chi connectivity index (χ2n) is 6.15. The van der Waals surface area contributed by atoms with Crippen molar-refractivity contribution in [2.75, 3.05) is 6.54 Å². The summed E-state index contributed by atoms with van der Waals surface area (Å²) in [6, 6.07) is -0.662. The van der Waals surface area contributed by atoms with Crippen LogP contribution in [-0.4, -0.2) is 47.6 Å². The molecule has 2 saturated heterocycles. The fraction of sp³-hybridized carbons (Fsp3) is 0.857. The minimum atomic E-state index is -0.402. The van der Waals surface area contributed by atoms with Crippen LogP contribution in [0.2, 0.25) is 0 Å². The summed E-state index contributed by atoms with van der Waals surface area (Å²) in [6.45, 7) is 4.39. The minimum absolute atomic E-state index is 0.0145. The van der Waals surface area contributed by atoms with Gasteiger partial charge in [-0.15, -0.1) is 0 Å². The summed E-state index contributed by atoms with van der Waals surface area (Å²) in [5.41, 5.74) is 0. The van der Waals surface area contributed by atoms with Crippen molar-refractivity contribution in [3.8, 4) is 0 Å². The molecule has 19 heavy (non-hydrogen) atoms. The van der Waals surface area contributed by atoms with Gasteiger partial charge in [0, 0.05) is 6.54 Å². The molecule has 2 amide bonds. The standard InChI is InChI=1S/C14H22N2O3/c1-8-3-6-11(19-8)7-16-12(10-4-5-10)13(17)15-9(2)14(16)18/h8-12H,3-7H2,1-2H3,(H,15,17). The van der Waals surface area contributed by atoms with E-state index >= 15 is 0 Å². The quantitative estimate of drug-likeness (QED) is 0.817. The van der Waals surface area contributed by atoms with Gasteiger partial charge in [0.1, 0.15) is 12.1 Å². The summed E-state index contributed by atoms with van der Waals surface area (Å²) in [4.78, 5) is 26.3. The van der Waals surface area contributed by atoms with Gasteiger partial charge < -0.3 is 15.0 Å². The molecule has 1 N–H and O–H groups in total. The van der Waals surface area contributed by atoms with E-state index in [1.54, 1.807) is 11.8 Å². The summed E-state index contributed by atoms with van der Waals surface area (Å²) in [6.07, 6.45) is 4.51. The van der Waals surface area contributed by atoms with Crippen molar-refractivity contribution < 1.29 is 14.3 Å². The average Bonchev–Trinajstić information content (AvgIpc) is 3.09. The first-order chi connectivity index (χ1) is 9.06. The van der Waals surface area contributed by atoms with E-state index in [0.29, 0.717) is 12.5 Å². The predicted octanol–water partition coefficient (Wildman–Crippen LogP) is 0.679. The van der Waals surface area contributed by atoms with Gasteiger partial charge in [-0.25, -0.2) is 0 Å². The zero-order chi connectivity index (χ0) is 13.6. The molecular formula is C14H22N2O3. The van der Waals surface area contributed by atoms with E-state index in [2.05, 4.69) is 12.2 Å². The van der Waals surface area contributed by atoms with Gasteiger partial charge >= 0.3 is 0 Å². The smallest absolute Gasteiger partial charge is 0.245 e. The van der Waals surface area contributed by atoms with E-state index in [1.807, 2.05) is 0 Å². The number of carbonyl (C=O) groups is 2. The number of carbonyl (C=O) groups excluding carboxylic acids is 2. The first kappa shape index (κ1) is 12.9. The molecule has 0 aromatic rings. The molecule has 3 rings (SSSR count). The highest BCUT2D eigenvalue weighted by atomic mass is 16.5. The number of nitrogens with zero attached hydrogens (tertiary/aromatic N) is 1. The lowest BCUT2D eigenvalue weighted by molar-refractivity contribution is -0.151. The Labute approximate surface area is 113 Å². The van der Waals surface area contributed by atoms with Crippen molar-refractivity contribution in [1.29, 1.82) is 0 Å². The van der Waals surface area contributed by atoms with Crippen LogP contribution in [0.4, 0.5) is 0 Å². The highest BCUT2D eigenvalue weighted by Crippen LogP contribution is 2.37. The Kier molecular flexibility index (Phi) is 3.25. The van der Waals surface area contributed by atoms with E-state index in [9.17, 15) is 9.59 Å². The molecule has 106 valence electrons. The highest BCUT2D eigenvalue weighted by Gasteiger charge is 2.47. The summed E-state index contributed by atoms with van der Waals surface area (Å²) in [5.74, 6) is 0.413. The molecule has 0 aromatic heterocycles. The molecular weight excluding hydrogens is 244 g/mol. The third-order valence-electron chi connectivity index (χ3n) is 4.41. The maximum atomic E-state index is 12.3. The van der Waals surface area contributed by atoms with Gasteiger partial charge in [0.2, 0.25) is 11.8 Å². The molecule has 1 aliphatic carbocycles. The lowest BCUT2D eigenvalue weighted by Crippen LogP contribution is -2.64. The van der Waals surface area contributed by atoms with E-state index in [1.165, 1.54) is 0 Å². The zero-order valence-corrected chi connectivity index (χ0v) is 11.6. The summed E-state index contributed by atoms with van der Waals surface area (Å²) in [5, 5.41) is 2.79. The number of hydrogen-bond donors (Lipinski definition) is 1. The predicted molar refractivity (Wildman–Crippen MR) is 69.4 cm³/mol. The van der Waals surface area contributed by atoms with Gasteiger partial charge in [-0.2, -0.15) is 0 Å². The first-order valence-corrected chi connectivity index (χ1v) is 7.32. The molecule has 0 bridgehead atoms. The van der Waals surface area contributed by atoms with Gasteiger partial charge in [-0.05, 0) is 45.4 Å². The molecule has 2 aliphatic heterocycles. The van der Waals surface area contributed by atoms with Crippen LogP contribution in [0.1, 0.15) is 39.5 Å². The Morgan fingerprint density at radius 1 is 1.21 bits per heavy atom. The Morgan fingerprint density at radius 3 is 2.53 bits per heavy atom. The number of nitrogens with one attached hydrogen (secondary N) is 1. The fourth-order valence-electron chi connectivity index (χ4n) is 3.21. The van der Waals surface area contributed by atoms with Crippen molar-refractivity contribution in [2.45, 2.75) is 63.8 Å². The van der Waals surface area contributed by atoms with Crippen molar-refractivity contribution in [1.82, 2.24) is 10.2 Å². The third kappa shape index (κ3) is 2.48. The van der Waals surface area contributed by atoms with Crippen molar-refractivity contribution in [3.63, 3.8) is 0 Å². The van der Waals surface area contributed by atoms with Crippen LogP contribution in [0.15, 0.2) is 0 Å². The third-order valence-corrected chi connectivity index (χ3v) is 4.41. The lowest BCUT2D eigenvalue weighted by atomic mass is 10.0. The van der Waals surface area contributed by atoms with Crippen LogP contribution < -0.4 is 5.32 Å². The molecule has 0 aromatic carbocycles. The number of rotatable bonds is 3. The van der Waals surface area contributed by atoms with Crippen LogP contribution in [0.25, 0.3) is 0 Å². The molecule has 4 atom stereocenters. The average molecular weight is 266 g/mol. The van der Waals surface area contributed by atoms with Gasteiger partial charge in [-0.1, -0.05) is 0 Å². The Balaban J connectivity index is 1.73. The van der Waals surface area contributed by atoms with E-state index in [-0.39, 0.29) is 30.1 Å². The molecule has 5 nitrogen and oxygen atoms in total. The maximum Gasteiger partial charge on any atom is 0.245 e. The largest absolute Gasteiger partial charge is 0.373 e. The molecule has 0 radical (unpaired) electrons. The van der Waals surface area contributed by atoms with Crippen LogP contribution >= 0.6 is 0 Å². The highest BCUT2D eigenvalue weighted by molar-refractivity contribution is 5.97. The number of ether oxygens (including phenoxy) is 1. The number of piperazine rings is 1. The second-order valence-corrected chi connectivity index (χ2v) is 6.15. The monoisotopic (exact) mass is 266 g/mol. The molecule has 3 aliphatic rings. The van der Waals surface area contributed by atoms with Crippen LogP contribution in [-0.2, 0) is 14.3 Å². The lowest BCUT2D eigenvalue weighted by Gasteiger charge is -2.39. The molecule has 4 unspecified atom stereocenters. The summed E-state index contributed by atoms with van der Waals surface area (Å²) >= 11 is 0. The minimum Gasteiger partial charge on any atom is -0.373 e. The van der Waals surface area contributed by atoms with Gasteiger partial charge in [0.15, 0.2) is 0 Å². The molecule has 5 heteroatoms. The van der Waals surface area contributed by atoms with E-state index < -0.39 is 6.04 Å². The van der Waals surface area contributed by atoms with E-state index in [4.69, 9.17) is 4.74 Å². The summed E-state index contributed by atoms with van der Waals surface area (Å²) < 4.78 is 5.81. The fourth-order valence-corrected chi connectivity index (χ4v) is 3.21. The van der Waals surface area contributed by atoms with Crippen molar-refractivity contribution in [3.05, 3.63) is 0 Å². The molecule has 0 spiro atoms. The number of hydrogen-bond acceptors (Lipinski definition) is 3. The Hall–Kier alpha value is -1.10. The SMILES string of the molecule is CC1CCC(CN2C(=O)C(C)NC(=O)C2C2CC2)O1. The molecule has 2 heterocycles. The van der Waals surface area contributed by atoms with Gasteiger partial charge in [-0.3, -0.25) is 9.59 Å². The van der Waals surface area contributed by atoms with Gasteiger partial charge in [0.25, 0.3) is 0 Å².